The van der Waals surface area contributed by atoms with E-state index < -0.39 is 0 Å². The first kappa shape index (κ1) is 17.1. The molecule has 5 nitrogen and oxygen atoms in total. The third-order valence-electron chi connectivity index (χ3n) is 3.28. The Morgan fingerprint density at radius 1 is 1.32 bits per heavy atom. The molecule has 0 saturated heterocycles. The van der Waals surface area contributed by atoms with Gasteiger partial charge in [0.15, 0.2) is 5.82 Å². The molecule has 0 atom stereocenters. The molecular weight excluding hydrogens is 400 g/mol. The van der Waals surface area contributed by atoms with E-state index in [4.69, 9.17) is 23.4 Å². The van der Waals surface area contributed by atoms with Crippen LogP contribution in [-0.4, -0.2) is 27.7 Å². The van der Waals surface area contributed by atoms with Gasteiger partial charge in [-0.15, -0.1) is 6.42 Å². The zero-order valence-corrected chi connectivity index (χ0v) is 15.4. The van der Waals surface area contributed by atoms with Gasteiger partial charge in [-0.3, -0.25) is 0 Å². The minimum atomic E-state index is 0.183. The lowest BCUT2D eigenvalue weighted by Gasteiger charge is -2.07. The fraction of sp³-hybridized carbons (Fsp3) is 0.0556. The Morgan fingerprint density at radius 2 is 2.12 bits per heavy atom. The molecule has 1 aromatic heterocycles. The van der Waals surface area contributed by atoms with Crippen LogP contribution in [0.15, 0.2) is 58.1 Å². The molecule has 0 aliphatic carbocycles. The molecule has 0 fully saturated rings. The number of H-pyrrole nitrogens is 1. The predicted molar refractivity (Wildman–Crippen MR) is 104 cm³/mol. The normalized spacial score (nSPS) is 10.7. The highest BCUT2D eigenvalue weighted by Gasteiger charge is 2.08. The van der Waals surface area contributed by atoms with Crippen LogP contribution in [0.2, 0.25) is 0 Å². The second kappa shape index (κ2) is 7.92. The summed E-state index contributed by atoms with van der Waals surface area (Å²) in [6.07, 6.45) is 6.92. The van der Waals surface area contributed by atoms with Crippen molar-refractivity contribution in [3.63, 3.8) is 0 Å². The second-order valence-electron chi connectivity index (χ2n) is 4.95. The third kappa shape index (κ3) is 4.05. The summed E-state index contributed by atoms with van der Waals surface area (Å²) in [6.45, 7) is 0.183. The zero-order valence-electron chi connectivity index (χ0n) is 13.0. The largest absolute Gasteiger partial charge is 0.480 e. The number of aromatic nitrogens is 3. The van der Waals surface area contributed by atoms with Crippen molar-refractivity contribution in [1.29, 1.82) is 0 Å². The number of rotatable bonds is 5. The average molecular weight is 413 g/mol. The molecule has 1 heterocycles. The Morgan fingerprint density at radius 3 is 2.88 bits per heavy atom. The number of ether oxygens (including phenoxy) is 1. The van der Waals surface area contributed by atoms with Crippen molar-refractivity contribution in [2.45, 2.75) is 0 Å². The minimum absolute atomic E-state index is 0.183. The third-order valence-corrected chi connectivity index (χ3v) is 4.04. The monoisotopic (exact) mass is 412 g/mol. The topological polar surface area (TPSA) is 55.2 Å². The van der Waals surface area contributed by atoms with Crippen molar-refractivity contribution in [1.82, 2.24) is 14.9 Å². The molecule has 0 aliphatic heterocycles. The maximum absolute atomic E-state index is 5.55. The Kier molecular flexibility index (Phi) is 5.43. The Balaban J connectivity index is 1.99. The second-order valence-corrected chi connectivity index (χ2v) is 6.25. The first-order valence-electron chi connectivity index (χ1n) is 7.32. The Hall–Kier alpha value is -2.69. The standard InChI is InChI=1S/C18H13BrN4OS/c1-2-10-24-16-9-8-15(19)11-14(16)12-20-23-17(21-22-18(23)25)13-6-4-3-5-7-13/h1,3-9,11-12H,10H2,(H,22,25)/b20-12+. The van der Waals surface area contributed by atoms with Gasteiger partial charge in [0.2, 0.25) is 4.77 Å². The fourth-order valence-corrected chi connectivity index (χ4v) is 2.72. The van der Waals surface area contributed by atoms with Crippen molar-refractivity contribution < 1.29 is 4.74 Å². The Bertz CT molecular complexity index is 1000. The van der Waals surface area contributed by atoms with E-state index in [1.807, 2.05) is 48.5 Å². The van der Waals surface area contributed by atoms with Gasteiger partial charge in [-0.05, 0) is 30.4 Å². The number of terminal acetylenes is 1. The van der Waals surface area contributed by atoms with Crippen LogP contribution in [0.25, 0.3) is 11.4 Å². The summed E-state index contributed by atoms with van der Waals surface area (Å²) in [5.74, 6) is 3.72. The van der Waals surface area contributed by atoms with Crippen LogP contribution < -0.4 is 4.74 Å². The van der Waals surface area contributed by atoms with Gasteiger partial charge in [-0.1, -0.05) is 52.2 Å². The van der Waals surface area contributed by atoms with E-state index in [9.17, 15) is 0 Å². The first-order chi connectivity index (χ1) is 12.2. The number of benzene rings is 2. The molecule has 7 heteroatoms. The van der Waals surface area contributed by atoms with Gasteiger partial charge < -0.3 is 4.74 Å². The van der Waals surface area contributed by atoms with Crippen LogP contribution in [0.5, 0.6) is 5.75 Å². The molecule has 1 N–H and O–H groups in total. The molecule has 0 amide bonds. The summed E-state index contributed by atoms with van der Waals surface area (Å²) < 4.78 is 8.42. The summed E-state index contributed by atoms with van der Waals surface area (Å²) in [7, 11) is 0. The average Bonchev–Trinajstić information content (AvgIpc) is 3.00. The van der Waals surface area contributed by atoms with Crippen molar-refractivity contribution >= 4 is 34.4 Å². The lowest BCUT2D eigenvalue weighted by atomic mass is 10.2. The molecule has 0 radical (unpaired) electrons. The van der Waals surface area contributed by atoms with Gasteiger partial charge in [-0.25, -0.2) is 5.10 Å². The highest BCUT2D eigenvalue weighted by molar-refractivity contribution is 9.10. The number of halogens is 1. The molecule has 0 unspecified atom stereocenters. The van der Waals surface area contributed by atoms with E-state index in [1.54, 1.807) is 10.9 Å². The van der Waals surface area contributed by atoms with Crippen molar-refractivity contribution in [3.05, 3.63) is 63.3 Å². The molecule has 0 aliphatic rings. The van der Waals surface area contributed by atoms with Gasteiger partial charge in [-0.2, -0.15) is 14.9 Å². The van der Waals surface area contributed by atoms with E-state index in [2.05, 4.69) is 37.1 Å². The predicted octanol–water partition coefficient (Wildman–Crippen LogP) is 4.26. The van der Waals surface area contributed by atoms with Crippen LogP contribution in [0, 0.1) is 17.1 Å². The van der Waals surface area contributed by atoms with Gasteiger partial charge >= 0.3 is 0 Å². The summed E-state index contributed by atoms with van der Waals surface area (Å²) in [4.78, 5) is 0. The quantitative estimate of drug-likeness (QED) is 0.386. The highest BCUT2D eigenvalue weighted by Crippen LogP contribution is 2.22. The van der Waals surface area contributed by atoms with E-state index in [0.29, 0.717) is 16.3 Å². The molecular formula is C18H13BrN4OS. The molecule has 3 aromatic rings. The van der Waals surface area contributed by atoms with Crippen molar-refractivity contribution in [2.24, 2.45) is 5.10 Å². The number of nitrogens with one attached hydrogen (secondary N) is 1. The van der Waals surface area contributed by atoms with Gasteiger partial charge in [0, 0.05) is 15.6 Å². The summed E-state index contributed by atoms with van der Waals surface area (Å²) in [5, 5.41) is 11.5. The SMILES string of the molecule is C#CCOc1ccc(Br)cc1/C=N/n1c(-c2ccccc2)n[nH]c1=S. The van der Waals surface area contributed by atoms with E-state index in [1.165, 1.54) is 0 Å². The van der Waals surface area contributed by atoms with Crippen LogP contribution in [0.4, 0.5) is 0 Å². The Labute approximate surface area is 158 Å². The number of aromatic amines is 1. The summed E-state index contributed by atoms with van der Waals surface area (Å²) in [6, 6.07) is 15.3. The van der Waals surface area contributed by atoms with Crippen LogP contribution in [0.1, 0.15) is 5.56 Å². The maximum Gasteiger partial charge on any atom is 0.216 e. The lowest BCUT2D eigenvalue weighted by Crippen LogP contribution is -1.99. The highest BCUT2D eigenvalue weighted by atomic mass is 79.9. The minimum Gasteiger partial charge on any atom is -0.480 e. The van der Waals surface area contributed by atoms with Crippen molar-refractivity contribution in [2.75, 3.05) is 6.61 Å². The van der Waals surface area contributed by atoms with E-state index >= 15 is 0 Å². The number of nitrogens with zero attached hydrogens (tertiary/aromatic N) is 3. The number of hydrogen-bond acceptors (Lipinski definition) is 4. The first-order valence-corrected chi connectivity index (χ1v) is 8.52. The smallest absolute Gasteiger partial charge is 0.216 e. The van der Waals surface area contributed by atoms with Crippen LogP contribution >= 0.6 is 28.1 Å². The molecule has 0 saturated carbocycles. The summed E-state index contributed by atoms with van der Waals surface area (Å²) in [5.41, 5.74) is 1.68. The molecule has 0 bridgehead atoms. The molecule has 2 aromatic carbocycles. The van der Waals surface area contributed by atoms with Crippen molar-refractivity contribution in [3.8, 4) is 29.5 Å². The van der Waals surface area contributed by atoms with E-state index in [0.717, 1.165) is 15.6 Å². The molecule has 25 heavy (non-hydrogen) atoms. The van der Waals surface area contributed by atoms with Gasteiger partial charge in [0.25, 0.3) is 0 Å². The maximum atomic E-state index is 5.55. The van der Waals surface area contributed by atoms with Crippen LogP contribution in [0.3, 0.4) is 0 Å². The lowest BCUT2D eigenvalue weighted by molar-refractivity contribution is 0.370. The summed E-state index contributed by atoms with van der Waals surface area (Å²) >= 11 is 8.73. The zero-order chi connectivity index (χ0) is 17.6. The van der Waals surface area contributed by atoms with Gasteiger partial charge in [0.1, 0.15) is 12.4 Å². The molecule has 124 valence electrons. The van der Waals surface area contributed by atoms with E-state index in [-0.39, 0.29) is 6.61 Å². The van der Waals surface area contributed by atoms with Crippen LogP contribution in [-0.2, 0) is 0 Å². The fourth-order valence-electron chi connectivity index (χ4n) is 2.16. The number of hydrogen-bond donors (Lipinski definition) is 1. The molecule has 0 spiro atoms. The van der Waals surface area contributed by atoms with Gasteiger partial charge in [0.05, 0.1) is 6.21 Å². The molecule has 3 rings (SSSR count).